The number of hydrogen-bond acceptors (Lipinski definition) is 8. The first-order valence-corrected chi connectivity index (χ1v) is 12.8. The third-order valence-electron chi connectivity index (χ3n) is 5.99. The lowest BCUT2D eigenvalue weighted by Gasteiger charge is -2.35. The number of para-hydroxylation sites is 2. The molecule has 0 atom stereocenters. The van der Waals surface area contributed by atoms with E-state index < -0.39 is 20.9 Å². The van der Waals surface area contributed by atoms with Crippen LogP contribution in [-0.4, -0.2) is 82.3 Å². The van der Waals surface area contributed by atoms with E-state index in [2.05, 4.69) is 5.32 Å². The zero-order valence-electron chi connectivity index (χ0n) is 18.8. The number of nitrogens with one attached hydrogen (secondary N) is 1. The van der Waals surface area contributed by atoms with Crippen molar-refractivity contribution in [1.82, 2.24) is 4.31 Å². The van der Waals surface area contributed by atoms with Gasteiger partial charge in [-0.25, -0.2) is 8.42 Å². The first kappa shape index (κ1) is 23.9. The van der Waals surface area contributed by atoms with E-state index in [9.17, 15) is 23.3 Å². The number of hydrogen-bond donors (Lipinski definition) is 1. The summed E-state index contributed by atoms with van der Waals surface area (Å²) in [6, 6.07) is 11.6. The second kappa shape index (κ2) is 9.95. The van der Waals surface area contributed by atoms with Crippen LogP contribution in [0.15, 0.2) is 42.5 Å². The minimum Gasteiger partial charge on any atom is -0.378 e. The number of piperazine rings is 1. The number of nitrogens with zero attached hydrogens (tertiary/aromatic N) is 4. The molecule has 2 aliphatic heterocycles. The van der Waals surface area contributed by atoms with Gasteiger partial charge in [0.25, 0.3) is 11.6 Å². The van der Waals surface area contributed by atoms with Gasteiger partial charge in [-0.1, -0.05) is 12.1 Å². The zero-order valence-corrected chi connectivity index (χ0v) is 19.7. The van der Waals surface area contributed by atoms with Gasteiger partial charge in [0.05, 0.1) is 47.0 Å². The van der Waals surface area contributed by atoms with Crippen LogP contribution in [0.4, 0.5) is 22.7 Å². The van der Waals surface area contributed by atoms with Gasteiger partial charge >= 0.3 is 0 Å². The molecule has 1 amide bonds. The molecule has 2 aromatic carbocycles. The van der Waals surface area contributed by atoms with Gasteiger partial charge in [-0.05, 0) is 18.2 Å². The highest BCUT2D eigenvalue weighted by Crippen LogP contribution is 2.31. The number of amides is 1. The first-order valence-electron chi connectivity index (χ1n) is 11.0. The van der Waals surface area contributed by atoms with Gasteiger partial charge in [0.2, 0.25) is 10.0 Å². The predicted molar refractivity (Wildman–Crippen MR) is 129 cm³/mol. The molecule has 0 spiro atoms. The number of carbonyl (C=O) groups is 1. The lowest BCUT2D eigenvalue weighted by atomic mass is 10.1. The third-order valence-corrected chi connectivity index (χ3v) is 7.29. The lowest BCUT2D eigenvalue weighted by Crippen LogP contribution is -2.48. The Morgan fingerprint density at radius 2 is 1.62 bits per heavy atom. The third kappa shape index (κ3) is 5.29. The summed E-state index contributed by atoms with van der Waals surface area (Å²) in [4.78, 5) is 28.2. The highest BCUT2D eigenvalue weighted by atomic mass is 32.2. The topological polar surface area (TPSA) is 125 Å². The highest BCUT2D eigenvalue weighted by Gasteiger charge is 2.26. The van der Waals surface area contributed by atoms with E-state index in [0.717, 1.165) is 5.69 Å². The van der Waals surface area contributed by atoms with Crippen LogP contribution in [0.3, 0.4) is 0 Å². The van der Waals surface area contributed by atoms with Crippen molar-refractivity contribution in [3.8, 4) is 0 Å². The molecule has 2 saturated heterocycles. The SMILES string of the molecule is CS(=O)(=O)N1CCN(c2ccccc2NC(=O)c2cc([N+](=O)[O-])ccc2N2CCOCC2)CC1. The molecule has 0 unspecified atom stereocenters. The largest absolute Gasteiger partial charge is 0.378 e. The number of benzene rings is 2. The molecule has 0 radical (unpaired) electrons. The number of sulfonamides is 1. The van der Waals surface area contributed by atoms with Gasteiger partial charge in [-0.3, -0.25) is 14.9 Å². The molecule has 182 valence electrons. The van der Waals surface area contributed by atoms with Crippen LogP contribution in [0.5, 0.6) is 0 Å². The van der Waals surface area contributed by atoms with E-state index in [4.69, 9.17) is 4.74 Å². The second-order valence-electron chi connectivity index (χ2n) is 8.18. The fraction of sp³-hybridized carbons (Fsp3) is 0.409. The van der Waals surface area contributed by atoms with Crippen molar-refractivity contribution in [2.75, 3.05) is 73.9 Å². The standard InChI is InChI=1S/C22H27N5O6S/c1-34(31,32)26-10-8-24(9-11-26)21-5-3-2-4-19(21)23-22(28)18-16-17(27(29)30)6-7-20(18)25-12-14-33-15-13-25/h2-7,16H,8-15H2,1H3,(H,23,28). The lowest BCUT2D eigenvalue weighted by molar-refractivity contribution is -0.384. The molecule has 4 rings (SSSR count). The Morgan fingerprint density at radius 3 is 2.26 bits per heavy atom. The average Bonchev–Trinajstić information content (AvgIpc) is 2.84. The Bertz CT molecular complexity index is 1170. The van der Waals surface area contributed by atoms with Crippen LogP contribution in [0.2, 0.25) is 0 Å². The van der Waals surface area contributed by atoms with Crippen LogP contribution >= 0.6 is 0 Å². The number of nitro groups is 1. The van der Waals surface area contributed by atoms with E-state index in [0.29, 0.717) is 63.9 Å². The number of nitro benzene ring substituents is 1. The molecule has 11 nitrogen and oxygen atoms in total. The van der Waals surface area contributed by atoms with Crippen molar-refractivity contribution in [2.24, 2.45) is 0 Å². The van der Waals surface area contributed by atoms with E-state index in [-0.39, 0.29) is 11.3 Å². The van der Waals surface area contributed by atoms with E-state index in [1.165, 1.54) is 22.7 Å². The number of morpholine rings is 1. The molecule has 2 aromatic rings. The van der Waals surface area contributed by atoms with Gasteiger partial charge in [0, 0.05) is 51.4 Å². The Kier molecular flexibility index (Phi) is 7.00. The quantitative estimate of drug-likeness (QED) is 0.481. The second-order valence-corrected chi connectivity index (χ2v) is 10.2. The number of ether oxygens (including phenoxy) is 1. The molecule has 2 aliphatic rings. The maximum absolute atomic E-state index is 13.4. The van der Waals surface area contributed by atoms with Gasteiger partial charge < -0.3 is 19.9 Å². The van der Waals surface area contributed by atoms with Crippen molar-refractivity contribution in [2.45, 2.75) is 0 Å². The Morgan fingerprint density at radius 1 is 0.971 bits per heavy atom. The van der Waals surface area contributed by atoms with Crippen molar-refractivity contribution in [3.05, 3.63) is 58.1 Å². The maximum Gasteiger partial charge on any atom is 0.270 e. The summed E-state index contributed by atoms with van der Waals surface area (Å²) in [5.74, 6) is -0.451. The van der Waals surface area contributed by atoms with E-state index >= 15 is 0 Å². The Hall–Kier alpha value is -3.22. The molecule has 2 fully saturated rings. The van der Waals surface area contributed by atoms with Crippen molar-refractivity contribution in [1.29, 1.82) is 0 Å². The van der Waals surface area contributed by atoms with Crippen LogP contribution in [-0.2, 0) is 14.8 Å². The molecule has 2 heterocycles. The van der Waals surface area contributed by atoms with Crippen LogP contribution in [0, 0.1) is 10.1 Å². The summed E-state index contributed by atoms with van der Waals surface area (Å²) >= 11 is 0. The Labute approximate surface area is 198 Å². The zero-order chi connectivity index (χ0) is 24.3. The summed E-state index contributed by atoms with van der Waals surface area (Å²) in [5.41, 5.74) is 1.99. The molecule has 0 aliphatic carbocycles. The average molecular weight is 490 g/mol. The Balaban J connectivity index is 1.59. The van der Waals surface area contributed by atoms with Gasteiger partial charge in [-0.15, -0.1) is 0 Å². The molecule has 12 heteroatoms. The number of anilines is 3. The van der Waals surface area contributed by atoms with E-state index in [1.54, 1.807) is 18.2 Å². The van der Waals surface area contributed by atoms with Gasteiger partial charge in [0.1, 0.15) is 0 Å². The summed E-state index contributed by atoms with van der Waals surface area (Å²) < 4.78 is 30.5. The molecular formula is C22H27N5O6S. The summed E-state index contributed by atoms with van der Waals surface area (Å²) in [7, 11) is -3.25. The number of carbonyl (C=O) groups excluding carboxylic acids is 1. The van der Waals surface area contributed by atoms with Crippen molar-refractivity contribution in [3.63, 3.8) is 0 Å². The summed E-state index contributed by atoms with van der Waals surface area (Å²) in [5, 5.41) is 14.3. The smallest absolute Gasteiger partial charge is 0.270 e. The van der Waals surface area contributed by atoms with Gasteiger partial charge in [0.15, 0.2) is 0 Å². The minimum atomic E-state index is -3.25. The molecule has 0 aromatic heterocycles. The molecule has 0 saturated carbocycles. The molecular weight excluding hydrogens is 462 g/mol. The number of rotatable bonds is 6. The van der Waals surface area contributed by atoms with Crippen LogP contribution in [0.1, 0.15) is 10.4 Å². The van der Waals surface area contributed by atoms with E-state index in [1.807, 2.05) is 21.9 Å². The fourth-order valence-corrected chi connectivity index (χ4v) is 5.03. The highest BCUT2D eigenvalue weighted by molar-refractivity contribution is 7.88. The fourth-order valence-electron chi connectivity index (χ4n) is 4.20. The monoisotopic (exact) mass is 489 g/mol. The molecule has 1 N–H and O–H groups in total. The van der Waals surface area contributed by atoms with Crippen LogP contribution in [0.25, 0.3) is 0 Å². The molecule has 0 bridgehead atoms. The first-order chi connectivity index (χ1) is 16.2. The minimum absolute atomic E-state index is 0.160. The summed E-state index contributed by atoms with van der Waals surface area (Å²) in [6.07, 6.45) is 1.20. The summed E-state index contributed by atoms with van der Waals surface area (Å²) in [6.45, 7) is 3.87. The van der Waals surface area contributed by atoms with Crippen LogP contribution < -0.4 is 15.1 Å². The normalized spacial score (nSPS) is 17.4. The maximum atomic E-state index is 13.4. The molecule has 34 heavy (non-hydrogen) atoms. The van der Waals surface area contributed by atoms with Crippen molar-refractivity contribution < 1.29 is 22.9 Å². The number of non-ortho nitro benzene ring substituents is 1. The predicted octanol–water partition coefficient (Wildman–Crippen LogP) is 1.77. The van der Waals surface area contributed by atoms with Gasteiger partial charge in [-0.2, -0.15) is 4.31 Å². The van der Waals surface area contributed by atoms with Crippen molar-refractivity contribution >= 4 is 38.7 Å².